The first-order valence-electron chi connectivity index (χ1n) is 5.13. The Labute approximate surface area is 84.0 Å². The van der Waals surface area contributed by atoms with Gasteiger partial charge < -0.3 is 10.8 Å². The van der Waals surface area contributed by atoms with Crippen LogP contribution in [-0.2, 0) is 12.0 Å². The molecule has 1 heterocycles. The summed E-state index contributed by atoms with van der Waals surface area (Å²) in [4.78, 5) is 4.30. The van der Waals surface area contributed by atoms with Gasteiger partial charge in [0.25, 0.3) is 0 Å². The average Bonchev–Trinajstić information content (AvgIpc) is 2.19. The lowest BCUT2D eigenvalue weighted by Gasteiger charge is -2.33. The maximum Gasteiger partial charge on any atom is 0.0926 e. The van der Waals surface area contributed by atoms with Crippen LogP contribution in [0.1, 0.15) is 30.5 Å². The highest BCUT2D eigenvalue weighted by Crippen LogP contribution is 2.36. The Morgan fingerprint density at radius 1 is 1.57 bits per heavy atom. The third kappa shape index (κ3) is 1.53. The van der Waals surface area contributed by atoms with Crippen LogP contribution in [0, 0.1) is 0 Å². The summed E-state index contributed by atoms with van der Waals surface area (Å²) in [5.74, 6) is 0. The van der Waals surface area contributed by atoms with E-state index in [1.807, 2.05) is 12.1 Å². The van der Waals surface area contributed by atoms with Crippen LogP contribution in [0.2, 0.25) is 0 Å². The molecule has 1 aliphatic rings. The Bertz CT molecular complexity index is 327. The van der Waals surface area contributed by atoms with Gasteiger partial charge in [0.05, 0.1) is 5.60 Å². The number of nitrogens with two attached hydrogens (primary N) is 1. The Balaban J connectivity index is 2.39. The highest BCUT2D eigenvalue weighted by molar-refractivity contribution is 5.29. The van der Waals surface area contributed by atoms with Crippen molar-refractivity contribution in [1.29, 1.82) is 0 Å². The van der Waals surface area contributed by atoms with Gasteiger partial charge in [0.15, 0.2) is 0 Å². The molecule has 0 amide bonds. The summed E-state index contributed by atoms with van der Waals surface area (Å²) in [7, 11) is 0. The molecule has 3 heteroatoms. The standard InChI is InChI=1S/C11H16N2O/c12-7-6-11(14)5-1-4-10-9(11)3-2-8-13-10/h2-3,8,14H,1,4-7,12H2. The molecule has 0 aromatic carbocycles. The fourth-order valence-corrected chi connectivity index (χ4v) is 2.24. The zero-order valence-corrected chi connectivity index (χ0v) is 8.24. The lowest BCUT2D eigenvalue weighted by atomic mass is 9.79. The minimum absolute atomic E-state index is 0.519. The predicted molar refractivity (Wildman–Crippen MR) is 54.7 cm³/mol. The van der Waals surface area contributed by atoms with Crippen molar-refractivity contribution in [2.24, 2.45) is 5.73 Å². The number of hydrogen-bond donors (Lipinski definition) is 2. The van der Waals surface area contributed by atoms with E-state index >= 15 is 0 Å². The summed E-state index contributed by atoms with van der Waals surface area (Å²) in [5, 5.41) is 10.4. The highest BCUT2D eigenvalue weighted by Gasteiger charge is 2.33. The summed E-state index contributed by atoms with van der Waals surface area (Å²) in [6.07, 6.45) is 5.20. The van der Waals surface area contributed by atoms with Gasteiger partial charge in [-0.2, -0.15) is 0 Å². The molecule has 0 radical (unpaired) electrons. The molecule has 76 valence electrons. The maximum absolute atomic E-state index is 10.4. The van der Waals surface area contributed by atoms with E-state index in [0.717, 1.165) is 30.5 Å². The summed E-state index contributed by atoms with van der Waals surface area (Å²) < 4.78 is 0. The van der Waals surface area contributed by atoms with Crippen molar-refractivity contribution in [2.75, 3.05) is 6.54 Å². The van der Waals surface area contributed by atoms with Gasteiger partial charge >= 0.3 is 0 Å². The summed E-state index contributed by atoms with van der Waals surface area (Å²) in [6, 6.07) is 3.85. The molecular formula is C11H16N2O. The molecule has 1 unspecified atom stereocenters. The molecule has 0 saturated heterocycles. The molecule has 0 spiro atoms. The molecule has 1 aromatic rings. The first-order chi connectivity index (χ1) is 6.76. The molecule has 0 aliphatic heterocycles. The largest absolute Gasteiger partial charge is 0.385 e. The Kier molecular flexibility index (Phi) is 2.52. The lowest BCUT2D eigenvalue weighted by Crippen LogP contribution is -2.33. The number of fused-ring (bicyclic) bond motifs is 1. The van der Waals surface area contributed by atoms with Crippen LogP contribution in [0.4, 0.5) is 0 Å². The van der Waals surface area contributed by atoms with E-state index in [4.69, 9.17) is 5.73 Å². The zero-order valence-electron chi connectivity index (χ0n) is 8.24. The average molecular weight is 192 g/mol. The van der Waals surface area contributed by atoms with Crippen LogP contribution in [-0.4, -0.2) is 16.6 Å². The van der Waals surface area contributed by atoms with E-state index in [9.17, 15) is 5.11 Å². The third-order valence-corrected chi connectivity index (χ3v) is 2.95. The normalized spacial score (nSPS) is 25.9. The summed E-state index contributed by atoms with van der Waals surface area (Å²) in [6.45, 7) is 0.519. The van der Waals surface area contributed by atoms with Gasteiger partial charge in [0.1, 0.15) is 0 Å². The van der Waals surface area contributed by atoms with Crippen molar-refractivity contribution in [1.82, 2.24) is 4.98 Å². The van der Waals surface area contributed by atoms with Crippen molar-refractivity contribution in [3.63, 3.8) is 0 Å². The fraction of sp³-hybridized carbons (Fsp3) is 0.545. The van der Waals surface area contributed by atoms with Gasteiger partial charge in [-0.3, -0.25) is 4.98 Å². The zero-order chi connectivity index (χ0) is 10.0. The summed E-state index contributed by atoms with van der Waals surface area (Å²) >= 11 is 0. The van der Waals surface area contributed by atoms with Crippen LogP contribution in [0.5, 0.6) is 0 Å². The SMILES string of the molecule is NCCC1(O)CCCc2ncccc21. The minimum atomic E-state index is -0.726. The summed E-state index contributed by atoms with van der Waals surface area (Å²) in [5.41, 5.74) is 6.82. The van der Waals surface area contributed by atoms with Crippen LogP contribution < -0.4 is 5.73 Å². The second-order valence-electron chi connectivity index (χ2n) is 3.92. The third-order valence-electron chi connectivity index (χ3n) is 2.95. The van der Waals surface area contributed by atoms with Crippen LogP contribution >= 0.6 is 0 Å². The van der Waals surface area contributed by atoms with Gasteiger partial charge in [0, 0.05) is 17.5 Å². The Hall–Kier alpha value is -0.930. The molecule has 2 rings (SSSR count). The molecule has 0 bridgehead atoms. The number of aliphatic hydroxyl groups is 1. The molecular weight excluding hydrogens is 176 g/mol. The van der Waals surface area contributed by atoms with Gasteiger partial charge in [-0.05, 0) is 38.3 Å². The number of aromatic nitrogens is 1. The molecule has 0 fully saturated rings. The van der Waals surface area contributed by atoms with Crippen molar-refractivity contribution < 1.29 is 5.11 Å². The van der Waals surface area contributed by atoms with E-state index in [1.54, 1.807) is 6.20 Å². The van der Waals surface area contributed by atoms with Crippen molar-refractivity contribution in [3.8, 4) is 0 Å². The van der Waals surface area contributed by atoms with Gasteiger partial charge in [-0.1, -0.05) is 6.07 Å². The quantitative estimate of drug-likeness (QED) is 0.733. The Morgan fingerprint density at radius 3 is 3.21 bits per heavy atom. The predicted octanol–water partition coefficient (Wildman–Crippen LogP) is 0.954. The molecule has 1 atom stereocenters. The van der Waals surface area contributed by atoms with E-state index in [0.29, 0.717) is 13.0 Å². The van der Waals surface area contributed by atoms with Crippen LogP contribution in [0.3, 0.4) is 0 Å². The van der Waals surface area contributed by atoms with Crippen molar-refractivity contribution >= 4 is 0 Å². The number of hydrogen-bond acceptors (Lipinski definition) is 3. The molecule has 3 N–H and O–H groups in total. The van der Waals surface area contributed by atoms with Crippen LogP contribution in [0.25, 0.3) is 0 Å². The second kappa shape index (κ2) is 3.67. The molecule has 0 saturated carbocycles. The lowest BCUT2D eigenvalue weighted by molar-refractivity contribution is 0.0118. The van der Waals surface area contributed by atoms with Crippen LogP contribution in [0.15, 0.2) is 18.3 Å². The smallest absolute Gasteiger partial charge is 0.0926 e. The first kappa shape index (κ1) is 9.62. The number of pyridine rings is 1. The topological polar surface area (TPSA) is 59.1 Å². The van der Waals surface area contributed by atoms with E-state index in [-0.39, 0.29) is 0 Å². The monoisotopic (exact) mass is 192 g/mol. The van der Waals surface area contributed by atoms with E-state index in [1.165, 1.54) is 0 Å². The van der Waals surface area contributed by atoms with E-state index < -0.39 is 5.60 Å². The second-order valence-corrected chi connectivity index (χ2v) is 3.92. The number of rotatable bonds is 2. The van der Waals surface area contributed by atoms with Gasteiger partial charge in [-0.25, -0.2) is 0 Å². The number of aryl methyl sites for hydroxylation is 1. The van der Waals surface area contributed by atoms with E-state index in [2.05, 4.69) is 4.98 Å². The van der Waals surface area contributed by atoms with Crippen molar-refractivity contribution in [2.45, 2.75) is 31.3 Å². The first-order valence-corrected chi connectivity index (χ1v) is 5.13. The fourth-order valence-electron chi connectivity index (χ4n) is 2.24. The van der Waals surface area contributed by atoms with Crippen molar-refractivity contribution in [3.05, 3.63) is 29.6 Å². The Morgan fingerprint density at radius 2 is 2.43 bits per heavy atom. The van der Waals surface area contributed by atoms with Gasteiger partial charge in [-0.15, -0.1) is 0 Å². The molecule has 1 aromatic heterocycles. The molecule has 14 heavy (non-hydrogen) atoms. The number of nitrogens with zero attached hydrogens (tertiary/aromatic N) is 1. The maximum atomic E-state index is 10.4. The molecule has 3 nitrogen and oxygen atoms in total. The minimum Gasteiger partial charge on any atom is -0.385 e. The molecule has 1 aliphatic carbocycles. The van der Waals surface area contributed by atoms with Gasteiger partial charge in [0.2, 0.25) is 0 Å². The highest BCUT2D eigenvalue weighted by atomic mass is 16.3.